The van der Waals surface area contributed by atoms with Crippen LogP contribution in [0, 0.1) is 24.2 Å². The molecule has 0 amide bonds. The van der Waals surface area contributed by atoms with Gasteiger partial charge in [-0.05, 0) is 38.3 Å². The fraction of sp³-hybridized carbons (Fsp3) is 0.438. The first kappa shape index (κ1) is 14.3. The Bertz CT molecular complexity index is 727. The van der Waals surface area contributed by atoms with E-state index in [1.54, 1.807) is 16.4 Å². The van der Waals surface area contributed by atoms with E-state index in [1.165, 1.54) is 5.57 Å². The molecule has 0 aromatic heterocycles. The fourth-order valence-electron chi connectivity index (χ4n) is 3.06. The summed E-state index contributed by atoms with van der Waals surface area (Å²) in [6.45, 7) is 2.88. The molecule has 110 valence electrons. The molecule has 3 rings (SSSR count). The smallest absolute Gasteiger partial charge is 0.207 e. The first-order valence-electron chi connectivity index (χ1n) is 7.17. The molecule has 4 nitrogen and oxygen atoms in total. The molecule has 0 N–H and O–H groups in total. The van der Waals surface area contributed by atoms with Crippen molar-refractivity contribution >= 4 is 10.0 Å². The Morgan fingerprint density at radius 2 is 1.86 bits per heavy atom. The summed E-state index contributed by atoms with van der Waals surface area (Å²) in [5.74, 6) is 0.0470. The summed E-state index contributed by atoms with van der Waals surface area (Å²) in [5, 5.41) is 9.04. The van der Waals surface area contributed by atoms with Gasteiger partial charge >= 0.3 is 0 Å². The summed E-state index contributed by atoms with van der Waals surface area (Å²) in [5.41, 5.74) is 3.42. The molecule has 0 bridgehead atoms. The second-order valence-corrected chi connectivity index (χ2v) is 7.80. The van der Waals surface area contributed by atoms with Crippen LogP contribution in [-0.4, -0.2) is 25.8 Å². The van der Waals surface area contributed by atoms with Crippen LogP contribution in [0.2, 0.25) is 0 Å². The largest absolute Gasteiger partial charge is 0.243 e. The van der Waals surface area contributed by atoms with Crippen molar-refractivity contribution in [2.24, 2.45) is 5.92 Å². The summed E-state index contributed by atoms with van der Waals surface area (Å²) in [7, 11) is -3.43. The number of benzene rings is 1. The van der Waals surface area contributed by atoms with Crippen molar-refractivity contribution in [1.82, 2.24) is 4.31 Å². The predicted molar refractivity (Wildman–Crippen MR) is 79.9 cm³/mol. The normalized spacial score (nSPS) is 23.0. The van der Waals surface area contributed by atoms with E-state index >= 15 is 0 Å². The molecule has 0 saturated heterocycles. The van der Waals surface area contributed by atoms with Crippen molar-refractivity contribution in [3.05, 3.63) is 41.0 Å². The first-order chi connectivity index (χ1) is 10.0. The van der Waals surface area contributed by atoms with Crippen LogP contribution in [0.15, 0.2) is 40.3 Å². The fourth-order valence-corrected chi connectivity index (χ4v) is 4.49. The van der Waals surface area contributed by atoms with Crippen LogP contribution in [0.5, 0.6) is 0 Å². The molecular weight excluding hydrogens is 284 g/mol. The van der Waals surface area contributed by atoms with E-state index in [9.17, 15) is 8.42 Å². The van der Waals surface area contributed by atoms with Crippen LogP contribution in [0.4, 0.5) is 0 Å². The van der Waals surface area contributed by atoms with Crippen LogP contribution >= 0.6 is 0 Å². The molecule has 5 heteroatoms. The SMILES string of the molecule is Cc1ccc(S(=O)(=O)N2CC3=C(CC(C#N)CC3)C2)cc1. The lowest BCUT2D eigenvalue weighted by molar-refractivity contribution is 0.479. The monoisotopic (exact) mass is 302 g/mol. The Balaban J connectivity index is 1.81. The third-order valence-electron chi connectivity index (χ3n) is 4.36. The minimum atomic E-state index is -3.43. The molecule has 2 aliphatic rings. The summed E-state index contributed by atoms with van der Waals surface area (Å²) in [6.07, 6.45) is 2.44. The first-order valence-corrected chi connectivity index (χ1v) is 8.61. The number of rotatable bonds is 2. The second-order valence-electron chi connectivity index (χ2n) is 5.86. The summed E-state index contributed by atoms with van der Waals surface area (Å²) < 4.78 is 26.9. The zero-order valence-electron chi connectivity index (χ0n) is 12.0. The number of hydrogen-bond donors (Lipinski definition) is 0. The lowest BCUT2D eigenvalue weighted by Gasteiger charge is -2.17. The van der Waals surface area contributed by atoms with Crippen molar-refractivity contribution in [2.45, 2.75) is 31.1 Å². The van der Waals surface area contributed by atoms with Crippen LogP contribution in [0.25, 0.3) is 0 Å². The molecule has 21 heavy (non-hydrogen) atoms. The van der Waals surface area contributed by atoms with E-state index in [-0.39, 0.29) is 5.92 Å². The molecule has 1 aromatic rings. The van der Waals surface area contributed by atoms with Gasteiger partial charge in [-0.15, -0.1) is 0 Å². The van der Waals surface area contributed by atoms with Gasteiger partial charge in [0.15, 0.2) is 0 Å². The lowest BCUT2D eigenvalue weighted by atomic mass is 9.86. The second kappa shape index (κ2) is 5.28. The van der Waals surface area contributed by atoms with Gasteiger partial charge in [-0.2, -0.15) is 9.57 Å². The third-order valence-corrected chi connectivity index (χ3v) is 6.17. The van der Waals surface area contributed by atoms with E-state index < -0.39 is 10.0 Å². The molecule has 0 spiro atoms. The van der Waals surface area contributed by atoms with Crippen molar-refractivity contribution in [3.8, 4) is 6.07 Å². The average molecular weight is 302 g/mol. The highest BCUT2D eigenvalue weighted by Crippen LogP contribution is 2.36. The Morgan fingerprint density at radius 1 is 1.19 bits per heavy atom. The van der Waals surface area contributed by atoms with Crippen molar-refractivity contribution in [1.29, 1.82) is 5.26 Å². The van der Waals surface area contributed by atoms with E-state index in [4.69, 9.17) is 5.26 Å². The summed E-state index contributed by atoms with van der Waals surface area (Å²) in [6, 6.07) is 9.28. The standard InChI is InChI=1S/C16H18N2O2S/c1-12-2-6-16(7-3-12)21(19,20)18-10-14-5-4-13(9-17)8-15(14)11-18/h2-3,6-7,13H,4-5,8,10-11H2,1H3. The van der Waals surface area contributed by atoms with Crippen molar-refractivity contribution in [3.63, 3.8) is 0 Å². The van der Waals surface area contributed by atoms with Gasteiger partial charge in [-0.3, -0.25) is 0 Å². The number of nitrogens with zero attached hydrogens (tertiary/aromatic N) is 2. The molecule has 0 fully saturated rings. The topological polar surface area (TPSA) is 61.2 Å². The lowest BCUT2D eigenvalue weighted by Crippen LogP contribution is -2.29. The Morgan fingerprint density at radius 3 is 2.52 bits per heavy atom. The third kappa shape index (κ3) is 2.61. The highest BCUT2D eigenvalue weighted by Gasteiger charge is 2.34. The maximum absolute atomic E-state index is 12.7. The highest BCUT2D eigenvalue weighted by atomic mass is 32.2. The van der Waals surface area contributed by atoms with Gasteiger partial charge in [0.05, 0.1) is 16.9 Å². The van der Waals surface area contributed by atoms with E-state index in [0.717, 1.165) is 30.4 Å². The molecular formula is C16H18N2O2S. The van der Waals surface area contributed by atoms with Crippen LogP contribution < -0.4 is 0 Å². The molecule has 1 aromatic carbocycles. The number of hydrogen-bond acceptors (Lipinski definition) is 3. The zero-order valence-corrected chi connectivity index (χ0v) is 12.9. The van der Waals surface area contributed by atoms with Crippen molar-refractivity contribution < 1.29 is 8.42 Å². The zero-order chi connectivity index (χ0) is 15.0. The number of sulfonamides is 1. The van der Waals surface area contributed by atoms with Crippen molar-refractivity contribution in [2.75, 3.05) is 13.1 Å². The molecule has 0 saturated carbocycles. The van der Waals surface area contributed by atoms with Gasteiger partial charge in [0, 0.05) is 13.1 Å². The molecule has 1 heterocycles. The number of nitriles is 1. The van der Waals surface area contributed by atoms with Gasteiger partial charge in [0.25, 0.3) is 0 Å². The van der Waals surface area contributed by atoms with Gasteiger partial charge in [-0.1, -0.05) is 28.8 Å². The summed E-state index contributed by atoms with van der Waals surface area (Å²) in [4.78, 5) is 0.352. The van der Waals surface area contributed by atoms with E-state index in [1.807, 2.05) is 19.1 Å². The van der Waals surface area contributed by atoms with Crippen LogP contribution in [0.1, 0.15) is 24.8 Å². The Kier molecular flexibility index (Phi) is 3.60. The van der Waals surface area contributed by atoms with Gasteiger partial charge in [0.2, 0.25) is 10.0 Å². The van der Waals surface area contributed by atoms with Crippen LogP contribution in [-0.2, 0) is 10.0 Å². The highest BCUT2D eigenvalue weighted by molar-refractivity contribution is 7.89. The predicted octanol–water partition coefficient (Wildman–Crippen LogP) is 2.62. The molecule has 0 radical (unpaired) electrons. The minimum Gasteiger partial charge on any atom is -0.207 e. The maximum Gasteiger partial charge on any atom is 0.243 e. The van der Waals surface area contributed by atoms with E-state index in [2.05, 4.69) is 6.07 Å². The molecule has 1 unspecified atom stereocenters. The maximum atomic E-state index is 12.7. The quantitative estimate of drug-likeness (QED) is 0.789. The molecule has 1 aliphatic carbocycles. The summed E-state index contributed by atoms with van der Waals surface area (Å²) >= 11 is 0. The van der Waals surface area contributed by atoms with Gasteiger partial charge < -0.3 is 0 Å². The Labute approximate surface area is 125 Å². The number of aryl methyl sites for hydroxylation is 1. The molecule has 1 aliphatic heterocycles. The average Bonchev–Trinajstić information content (AvgIpc) is 2.91. The van der Waals surface area contributed by atoms with Gasteiger partial charge in [0.1, 0.15) is 0 Å². The molecule has 1 atom stereocenters. The van der Waals surface area contributed by atoms with E-state index in [0.29, 0.717) is 18.0 Å². The Hall–Kier alpha value is -1.64. The van der Waals surface area contributed by atoms with Gasteiger partial charge in [-0.25, -0.2) is 8.42 Å². The van der Waals surface area contributed by atoms with Crippen LogP contribution in [0.3, 0.4) is 0 Å². The minimum absolute atomic E-state index is 0.0470.